The molecule has 0 saturated carbocycles. The van der Waals surface area contributed by atoms with Crippen LogP contribution in [0.2, 0.25) is 0 Å². The van der Waals surface area contributed by atoms with E-state index in [2.05, 4.69) is 0 Å². The molecule has 0 aliphatic rings. The molecule has 0 atom stereocenters. The lowest BCUT2D eigenvalue weighted by Crippen LogP contribution is -2.15. The van der Waals surface area contributed by atoms with Crippen molar-refractivity contribution < 1.29 is 27.8 Å². The maximum absolute atomic E-state index is 11.9. The molecule has 9 heteroatoms. The van der Waals surface area contributed by atoms with E-state index < -0.39 is 20.9 Å². The molecule has 0 aliphatic heterocycles. The summed E-state index contributed by atoms with van der Waals surface area (Å²) in [6.45, 7) is 0.389. The Morgan fingerprint density at radius 3 is 2.17 bits per heavy atom. The second kappa shape index (κ2) is 8.21. The highest BCUT2D eigenvalue weighted by molar-refractivity contribution is 7.89. The first-order valence-electron chi connectivity index (χ1n) is 8.38. The lowest BCUT2D eigenvalue weighted by atomic mass is 10.2. The standard InChI is InChI=1S/C20H18N2O6S/c21-17-10-14(20(23)24)11-18(29(22,25)26)19(17)28-16-8-6-15(7-9-16)27-12-13-4-2-1-3-5-13/h1-11H,12,21H2,(H,23,24)(H2,22,25,26). The number of sulfonamides is 1. The number of ether oxygens (including phenoxy) is 2. The fourth-order valence-electron chi connectivity index (χ4n) is 2.53. The van der Waals surface area contributed by atoms with E-state index in [-0.39, 0.29) is 22.7 Å². The molecule has 3 aromatic carbocycles. The van der Waals surface area contributed by atoms with E-state index in [1.54, 1.807) is 24.3 Å². The Morgan fingerprint density at radius 1 is 0.966 bits per heavy atom. The molecule has 0 aliphatic carbocycles. The third-order valence-corrected chi connectivity index (χ3v) is 4.85. The summed E-state index contributed by atoms with van der Waals surface area (Å²) < 4.78 is 35.0. The molecule has 0 aromatic heterocycles. The van der Waals surface area contributed by atoms with Crippen LogP contribution in [0.4, 0.5) is 5.69 Å². The SMILES string of the molecule is Nc1cc(C(=O)O)cc(S(N)(=O)=O)c1Oc1ccc(OCc2ccccc2)cc1. The van der Waals surface area contributed by atoms with Gasteiger partial charge in [-0.05, 0) is 42.0 Å². The number of carbonyl (C=O) groups is 1. The molecule has 0 saturated heterocycles. The van der Waals surface area contributed by atoms with Gasteiger partial charge in [0.15, 0.2) is 5.75 Å². The minimum Gasteiger partial charge on any atom is -0.489 e. The Kier molecular flexibility index (Phi) is 5.71. The number of benzene rings is 3. The van der Waals surface area contributed by atoms with Gasteiger partial charge in [-0.1, -0.05) is 30.3 Å². The molecule has 0 radical (unpaired) electrons. The van der Waals surface area contributed by atoms with Crippen molar-refractivity contribution in [3.05, 3.63) is 77.9 Å². The van der Waals surface area contributed by atoms with Crippen LogP contribution in [0.1, 0.15) is 15.9 Å². The number of carboxylic acid groups (broad SMARTS) is 1. The quantitative estimate of drug-likeness (QED) is 0.504. The molecule has 0 bridgehead atoms. The number of nitrogens with two attached hydrogens (primary N) is 2. The molecule has 8 nitrogen and oxygen atoms in total. The summed E-state index contributed by atoms with van der Waals surface area (Å²) >= 11 is 0. The lowest BCUT2D eigenvalue weighted by Gasteiger charge is -2.14. The Balaban J connectivity index is 1.82. The average molecular weight is 414 g/mol. The molecule has 5 N–H and O–H groups in total. The zero-order valence-corrected chi connectivity index (χ0v) is 15.9. The zero-order chi connectivity index (χ0) is 21.0. The van der Waals surface area contributed by atoms with Crippen molar-refractivity contribution in [2.75, 3.05) is 5.73 Å². The maximum Gasteiger partial charge on any atom is 0.335 e. The normalized spacial score (nSPS) is 11.1. The van der Waals surface area contributed by atoms with Crippen LogP contribution in [0.15, 0.2) is 71.6 Å². The third kappa shape index (κ3) is 5.03. The summed E-state index contributed by atoms with van der Waals surface area (Å²) in [5, 5.41) is 14.3. The van der Waals surface area contributed by atoms with Gasteiger partial charge < -0.3 is 20.3 Å². The number of anilines is 1. The van der Waals surface area contributed by atoms with Crippen molar-refractivity contribution in [1.29, 1.82) is 0 Å². The minimum atomic E-state index is -4.27. The highest BCUT2D eigenvalue weighted by atomic mass is 32.2. The topological polar surface area (TPSA) is 142 Å². The van der Waals surface area contributed by atoms with Gasteiger partial charge in [0.25, 0.3) is 0 Å². The monoisotopic (exact) mass is 414 g/mol. The van der Waals surface area contributed by atoms with Crippen LogP contribution < -0.4 is 20.3 Å². The summed E-state index contributed by atoms with van der Waals surface area (Å²) in [5.74, 6) is -0.720. The third-order valence-electron chi connectivity index (χ3n) is 3.93. The number of aromatic carboxylic acids is 1. The molecule has 3 aromatic rings. The van der Waals surface area contributed by atoms with Crippen molar-refractivity contribution in [2.45, 2.75) is 11.5 Å². The van der Waals surface area contributed by atoms with Crippen molar-refractivity contribution in [1.82, 2.24) is 0 Å². The summed E-state index contributed by atoms with van der Waals surface area (Å²) in [7, 11) is -4.27. The highest BCUT2D eigenvalue weighted by Crippen LogP contribution is 2.35. The average Bonchev–Trinajstić information content (AvgIpc) is 2.68. The van der Waals surface area contributed by atoms with Gasteiger partial charge in [-0.2, -0.15) is 0 Å². The predicted molar refractivity (Wildman–Crippen MR) is 106 cm³/mol. The van der Waals surface area contributed by atoms with Gasteiger partial charge in [0.1, 0.15) is 23.0 Å². The van der Waals surface area contributed by atoms with Crippen LogP contribution in [-0.2, 0) is 16.6 Å². The molecule has 3 rings (SSSR count). The number of primary sulfonamides is 1. The first kappa shape index (κ1) is 20.2. The summed E-state index contributed by atoms with van der Waals surface area (Å²) in [6.07, 6.45) is 0. The number of hydrogen-bond acceptors (Lipinski definition) is 6. The van der Waals surface area contributed by atoms with Crippen molar-refractivity contribution >= 4 is 21.7 Å². The first-order chi connectivity index (χ1) is 13.7. The van der Waals surface area contributed by atoms with E-state index in [0.29, 0.717) is 12.4 Å². The van der Waals surface area contributed by atoms with E-state index >= 15 is 0 Å². The first-order valence-corrected chi connectivity index (χ1v) is 9.93. The number of hydrogen-bond donors (Lipinski definition) is 3. The van der Waals surface area contributed by atoms with Gasteiger partial charge in [0.05, 0.1) is 11.3 Å². The molecule has 150 valence electrons. The summed E-state index contributed by atoms with van der Waals surface area (Å²) in [4.78, 5) is 10.6. The van der Waals surface area contributed by atoms with Crippen LogP contribution in [-0.4, -0.2) is 19.5 Å². The molecule has 0 heterocycles. The fourth-order valence-corrected chi connectivity index (χ4v) is 3.24. The van der Waals surface area contributed by atoms with E-state index in [1.165, 1.54) is 0 Å². The van der Waals surface area contributed by atoms with E-state index in [9.17, 15) is 13.2 Å². The Hall–Kier alpha value is -3.56. The minimum absolute atomic E-state index is 0.168. The van der Waals surface area contributed by atoms with Gasteiger partial charge >= 0.3 is 5.97 Å². The van der Waals surface area contributed by atoms with Crippen LogP contribution in [0.25, 0.3) is 0 Å². The summed E-state index contributed by atoms with van der Waals surface area (Å²) in [6, 6.07) is 18.1. The molecule has 0 spiro atoms. The number of carboxylic acids is 1. The molecule has 0 amide bonds. The molecular formula is C20H18N2O6S. The smallest absolute Gasteiger partial charge is 0.335 e. The molecular weight excluding hydrogens is 396 g/mol. The van der Waals surface area contributed by atoms with Crippen molar-refractivity contribution in [3.8, 4) is 17.2 Å². The fraction of sp³-hybridized carbons (Fsp3) is 0.0500. The van der Waals surface area contributed by atoms with Crippen molar-refractivity contribution in [3.63, 3.8) is 0 Å². The van der Waals surface area contributed by atoms with Gasteiger partial charge in [0, 0.05) is 0 Å². The molecule has 29 heavy (non-hydrogen) atoms. The van der Waals surface area contributed by atoms with Gasteiger partial charge in [-0.15, -0.1) is 0 Å². The van der Waals surface area contributed by atoms with E-state index in [1.807, 2.05) is 30.3 Å². The van der Waals surface area contributed by atoms with Crippen LogP contribution in [0, 0.1) is 0 Å². The maximum atomic E-state index is 11.9. The molecule has 0 unspecified atom stereocenters. The van der Waals surface area contributed by atoms with E-state index in [0.717, 1.165) is 17.7 Å². The zero-order valence-electron chi connectivity index (χ0n) is 15.1. The van der Waals surface area contributed by atoms with Crippen LogP contribution in [0.3, 0.4) is 0 Å². The van der Waals surface area contributed by atoms with Gasteiger partial charge in [-0.3, -0.25) is 0 Å². The highest BCUT2D eigenvalue weighted by Gasteiger charge is 2.22. The van der Waals surface area contributed by atoms with Crippen LogP contribution in [0.5, 0.6) is 17.2 Å². The molecule has 0 fully saturated rings. The van der Waals surface area contributed by atoms with Crippen LogP contribution >= 0.6 is 0 Å². The number of nitrogen functional groups attached to an aromatic ring is 1. The summed E-state index contributed by atoms with van der Waals surface area (Å²) in [5.41, 5.74) is 6.34. The Labute approximate surface area is 167 Å². The second-order valence-corrected chi connectivity index (χ2v) is 7.62. The van der Waals surface area contributed by atoms with E-state index in [4.69, 9.17) is 25.5 Å². The lowest BCUT2D eigenvalue weighted by molar-refractivity contribution is 0.0696. The van der Waals surface area contributed by atoms with Gasteiger partial charge in [0.2, 0.25) is 10.0 Å². The number of rotatable bonds is 7. The Bertz CT molecular complexity index is 1130. The van der Waals surface area contributed by atoms with Crippen molar-refractivity contribution in [2.24, 2.45) is 5.14 Å². The second-order valence-electron chi connectivity index (χ2n) is 6.09. The predicted octanol–water partition coefficient (Wildman–Crippen LogP) is 2.99. The Morgan fingerprint density at radius 2 is 1.59 bits per heavy atom. The largest absolute Gasteiger partial charge is 0.489 e. The van der Waals surface area contributed by atoms with Gasteiger partial charge in [-0.25, -0.2) is 18.4 Å².